The number of hydrogen-bond acceptors (Lipinski definition) is 4. The molecule has 0 saturated heterocycles. The van der Waals surface area contributed by atoms with Gasteiger partial charge in [-0.15, -0.1) is 0 Å². The monoisotopic (exact) mass is 631 g/mol. The van der Waals surface area contributed by atoms with Gasteiger partial charge in [0.15, 0.2) is 0 Å². The molecule has 3 aromatic carbocycles. The molecule has 1 aromatic heterocycles. The minimum absolute atomic E-state index is 0.0253. The fourth-order valence-electron chi connectivity index (χ4n) is 5.05. The molecule has 0 amide bonds. The molecule has 0 bridgehead atoms. The van der Waals surface area contributed by atoms with Crippen molar-refractivity contribution in [3.8, 4) is 11.1 Å². The molecule has 5 nitrogen and oxygen atoms in total. The number of carbonyl (C=O) groups excluding carboxylic acids is 1. The van der Waals surface area contributed by atoms with Gasteiger partial charge < -0.3 is 4.42 Å². The van der Waals surface area contributed by atoms with E-state index in [2.05, 4.69) is 0 Å². The van der Waals surface area contributed by atoms with Gasteiger partial charge in [-0.25, -0.2) is 8.42 Å². The summed E-state index contributed by atoms with van der Waals surface area (Å²) < 4.78 is 73.9. The molecule has 0 unspecified atom stereocenters. The van der Waals surface area contributed by atoms with Gasteiger partial charge in [-0.1, -0.05) is 65.7 Å². The summed E-state index contributed by atoms with van der Waals surface area (Å²) in [6.45, 7) is 9.82. The number of sulfonamides is 1. The van der Waals surface area contributed by atoms with Crippen molar-refractivity contribution < 1.29 is 30.8 Å². The average molecular weight is 632 g/mol. The number of aryl methyl sites for hydroxylation is 3. The number of furan rings is 1. The van der Waals surface area contributed by atoms with Crippen molar-refractivity contribution in [2.45, 2.75) is 71.1 Å². The number of rotatable bonds is 9. The highest BCUT2D eigenvalue weighted by molar-refractivity contribution is 7.89. The third kappa shape index (κ3) is 6.89. The minimum Gasteiger partial charge on any atom is -0.455 e. The number of alkyl halides is 3. The fourth-order valence-corrected chi connectivity index (χ4v) is 7.09. The smallest absolute Gasteiger partial charge is 0.449 e. The topological polar surface area (TPSA) is 67.6 Å². The summed E-state index contributed by atoms with van der Waals surface area (Å²) in [6.07, 6.45) is -4.71. The van der Waals surface area contributed by atoms with E-state index in [0.29, 0.717) is 16.7 Å². The van der Waals surface area contributed by atoms with Crippen molar-refractivity contribution in [2.75, 3.05) is 0 Å². The molecule has 4 aromatic rings. The molecule has 10 heteroatoms. The Bertz CT molecular complexity index is 1770. The van der Waals surface area contributed by atoms with Gasteiger partial charge in [-0.2, -0.15) is 17.5 Å². The Kier molecular flexibility index (Phi) is 9.03. The van der Waals surface area contributed by atoms with E-state index in [9.17, 15) is 26.4 Å². The second kappa shape index (κ2) is 11.9. The number of Topliss-reactive ketones (excluding diaryl/α,β-unsaturated/α-hetero) is 1. The highest BCUT2D eigenvalue weighted by Crippen LogP contribution is 2.35. The van der Waals surface area contributed by atoms with Crippen LogP contribution in [-0.4, -0.2) is 18.5 Å². The van der Waals surface area contributed by atoms with Crippen LogP contribution in [0.3, 0.4) is 0 Å². The van der Waals surface area contributed by atoms with Crippen molar-refractivity contribution in [3.05, 3.63) is 111 Å². The second-order valence-electron chi connectivity index (χ2n) is 11.3. The summed E-state index contributed by atoms with van der Waals surface area (Å²) in [7, 11) is -4.21. The standard InChI is InChI=1S/C33H33ClF3NO4S/c1-20-14-21(2)31(22(3)15-20)43(40,41)38(19-28-12-13-30(42-28)33(35,36)37)18-26-11-10-25(17-29(26)34)24-8-7-9-27(16-24)32(5,6)23(4)39/h7-17H,18-19H2,1-6H3. The molecule has 1 heterocycles. The van der Waals surface area contributed by atoms with Crippen LogP contribution in [0.5, 0.6) is 0 Å². The third-order valence-electron chi connectivity index (χ3n) is 7.67. The molecule has 0 aliphatic heterocycles. The zero-order valence-corrected chi connectivity index (χ0v) is 26.3. The summed E-state index contributed by atoms with van der Waals surface area (Å²) in [5, 5.41) is 0.279. The molecule has 0 radical (unpaired) electrons. The number of hydrogen-bond donors (Lipinski definition) is 0. The van der Waals surface area contributed by atoms with Gasteiger partial charge in [0.1, 0.15) is 11.5 Å². The number of halogens is 4. The van der Waals surface area contributed by atoms with Crippen LogP contribution in [0.2, 0.25) is 5.02 Å². The lowest BCUT2D eigenvalue weighted by atomic mass is 9.80. The Morgan fingerprint density at radius 2 is 1.51 bits per heavy atom. The van der Waals surface area contributed by atoms with E-state index in [0.717, 1.165) is 38.7 Å². The number of ketones is 1. The Hall–Kier alpha value is -3.40. The lowest BCUT2D eigenvalue weighted by Gasteiger charge is -2.25. The van der Waals surface area contributed by atoms with E-state index >= 15 is 0 Å². The molecule has 43 heavy (non-hydrogen) atoms. The van der Waals surface area contributed by atoms with Crippen LogP contribution in [0.1, 0.15) is 60.1 Å². The van der Waals surface area contributed by atoms with Crippen LogP contribution in [0, 0.1) is 20.8 Å². The average Bonchev–Trinajstić information content (AvgIpc) is 3.38. The first kappa shape index (κ1) is 32.5. The molecule has 0 aliphatic rings. The zero-order chi connectivity index (χ0) is 31.9. The molecule has 0 atom stereocenters. The summed E-state index contributed by atoms with van der Waals surface area (Å²) in [6, 6.07) is 18.1. The van der Waals surface area contributed by atoms with E-state index in [1.165, 1.54) is 0 Å². The number of nitrogens with zero attached hydrogens (tertiary/aromatic N) is 1. The highest BCUT2D eigenvalue weighted by atomic mass is 35.5. The summed E-state index contributed by atoms with van der Waals surface area (Å²) >= 11 is 6.70. The van der Waals surface area contributed by atoms with Gasteiger partial charge in [-0.3, -0.25) is 4.79 Å². The first-order chi connectivity index (χ1) is 19.9. The maximum Gasteiger partial charge on any atom is 0.449 e. The number of benzene rings is 3. The molecule has 0 saturated carbocycles. The molecule has 0 fully saturated rings. The first-order valence-electron chi connectivity index (χ1n) is 13.6. The Balaban J connectivity index is 1.74. The molecule has 228 valence electrons. The molecule has 4 rings (SSSR count). The molecular formula is C33H33ClF3NO4S. The lowest BCUT2D eigenvalue weighted by Crippen LogP contribution is -2.31. The molecular weight excluding hydrogens is 599 g/mol. The van der Waals surface area contributed by atoms with Crippen LogP contribution >= 0.6 is 11.6 Å². The van der Waals surface area contributed by atoms with Gasteiger partial charge in [0, 0.05) is 17.0 Å². The van der Waals surface area contributed by atoms with E-state index in [1.807, 2.05) is 45.0 Å². The van der Waals surface area contributed by atoms with Crippen molar-refractivity contribution in [3.63, 3.8) is 0 Å². The van der Waals surface area contributed by atoms with Crippen molar-refractivity contribution in [1.29, 1.82) is 0 Å². The van der Waals surface area contributed by atoms with E-state index in [1.54, 1.807) is 51.1 Å². The minimum atomic E-state index is -4.71. The van der Waals surface area contributed by atoms with Gasteiger partial charge >= 0.3 is 6.18 Å². The number of carbonyl (C=O) groups is 1. The Labute approximate surface area is 255 Å². The quantitative estimate of drug-likeness (QED) is 0.185. The summed E-state index contributed by atoms with van der Waals surface area (Å²) in [5.74, 6) is -1.34. The van der Waals surface area contributed by atoms with Gasteiger partial charge in [-0.05, 0) is 93.1 Å². The Morgan fingerprint density at radius 3 is 2.07 bits per heavy atom. The Morgan fingerprint density at radius 1 is 0.884 bits per heavy atom. The van der Waals surface area contributed by atoms with Crippen LogP contribution in [-0.2, 0) is 39.5 Å². The molecule has 0 spiro atoms. The van der Waals surface area contributed by atoms with Crippen molar-refractivity contribution in [1.82, 2.24) is 4.31 Å². The van der Waals surface area contributed by atoms with Crippen molar-refractivity contribution >= 4 is 27.4 Å². The zero-order valence-electron chi connectivity index (χ0n) is 24.8. The van der Waals surface area contributed by atoms with E-state index in [-0.39, 0.29) is 28.0 Å². The summed E-state index contributed by atoms with van der Waals surface area (Å²) in [5.41, 5.74) is 4.13. The maximum absolute atomic E-state index is 14.1. The highest BCUT2D eigenvalue weighted by Gasteiger charge is 2.36. The van der Waals surface area contributed by atoms with E-state index in [4.69, 9.17) is 16.0 Å². The van der Waals surface area contributed by atoms with Gasteiger partial charge in [0.2, 0.25) is 15.8 Å². The predicted octanol–water partition coefficient (Wildman–Crippen LogP) is 8.80. The predicted molar refractivity (Wildman–Crippen MR) is 161 cm³/mol. The van der Waals surface area contributed by atoms with E-state index < -0.39 is 33.9 Å². The van der Waals surface area contributed by atoms with Crippen molar-refractivity contribution in [2.24, 2.45) is 0 Å². The van der Waals surface area contributed by atoms with Crippen LogP contribution < -0.4 is 0 Å². The largest absolute Gasteiger partial charge is 0.455 e. The molecule has 0 N–H and O–H groups in total. The van der Waals surface area contributed by atoms with Gasteiger partial charge in [0.25, 0.3) is 0 Å². The summed E-state index contributed by atoms with van der Waals surface area (Å²) in [4.78, 5) is 12.3. The van der Waals surface area contributed by atoms with Crippen LogP contribution in [0.4, 0.5) is 13.2 Å². The second-order valence-corrected chi connectivity index (χ2v) is 13.6. The first-order valence-corrected chi connectivity index (χ1v) is 15.4. The SMILES string of the molecule is CC(=O)C(C)(C)c1cccc(-c2ccc(CN(Cc3ccc(C(F)(F)F)o3)S(=O)(=O)c3c(C)cc(C)cc3C)c(Cl)c2)c1. The lowest BCUT2D eigenvalue weighted by molar-refractivity contribution is -0.153. The molecule has 0 aliphatic carbocycles. The van der Waals surface area contributed by atoms with Crippen LogP contribution in [0.25, 0.3) is 11.1 Å². The normalized spacial score (nSPS) is 12.6. The third-order valence-corrected chi connectivity index (χ3v) is 10.1. The van der Waals surface area contributed by atoms with Gasteiger partial charge in [0.05, 0.1) is 11.4 Å². The van der Waals surface area contributed by atoms with Crippen LogP contribution in [0.15, 0.2) is 76.0 Å². The fraction of sp³-hybridized carbons (Fsp3) is 0.303. The maximum atomic E-state index is 14.1.